The summed E-state index contributed by atoms with van der Waals surface area (Å²) in [6.45, 7) is 0. The molecule has 0 aliphatic rings. The summed E-state index contributed by atoms with van der Waals surface area (Å²) >= 11 is 5.55. The Morgan fingerprint density at radius 2 is 1.82 bits per heavy atom. The SMILES string of the molecule is FC(F)(F)c1cc(Cl)nc(-c2cnccn2)c1. The second-order valence-corrected chi connectivity index (χ2v) is 3.54. The van der Waals surface area contributed by atoms with E-state index in [9.17, 15) is 13.2 Å². The number of alkyl halides is 3. The van der Waals surface area contributed by atoms with Crippen molar-refractivity contribution in [1.82, 2.24) is 15.0 Å². The number of pyridine rings is 1. The molecule has 0 amide bonds. The van der Waals surface area contributed by atoms with Crippen LogP contribution in [0.1, 0.15) is 5.56 Å². The number of rotatable bonds is 1. The van der Waals surface area contributed by atoms with Gasteiger partial charge in [-0.25, -0.2) is 4.98 Å². The second kappa shape index (κ2) is 4.29. The van der Waals surface area contributed by atoms with Crippen LogP contribution in [0.5, 0.6) is 0 Å². The fraction of sp³-hybridized carbons (Fsp3) is 0.100. The molecular formula is C10H5ClF3N3. The molecule has 2 aromatic heterocycles. The van der Waals surface area contributed by atoms with Gasteiger partial charge in [0.15, 0.2) is 0 Å². The highest BCUT2D eigenvalue weighted by atomic mass is 35.5. The van der Waals surface area contributed by atoms with Gasteiger partial charge < -0.3 is 0 Å². The second-order valence-electron chi connectivity index (χ2n) is 3.15. The monoisotopic (exact) mass is 259 g/mol. The molecule has 0 aliphatic heterocycles. The summed E-state index contributed by atoms with van der Waals surface area (Å²) in [4.78, 5) is 11.4. The number of hydrogen-bond donors (Lipinski definition) is 0. The van der Waals surface area contributed by atoms with E-state index in [0.717, 1.165) is 12.1 Å². The van der Waals surface area contributed by atoms with Crippen LogP contribution in [0.15, 0.2) is 30.7 Å². The molecule has 0 aliphatic carbocycles. The molecule has 0 bridgehead atoms. The minimum absolute atomic E-state index is 0.0397. The molecule has 17 heavy (non-hydrogen) atoms. The molecule has 2 rings (SSSR count). The topological polar surface area (TPSA) is 38.7 Å². The average molecular weight is 260 g/mol. The van der Waals surface area contributed by atoms with Crippen LogP contribution in [0.3, 0.4) is 0 Å². The molecule has 0 saturated carbocycles. The van der Waals surface area contributed by atoms with Crippen LogP contribution in [0.25, 0.3) is 11.4 Å². The number of nitrogens with zero attached hydrogens (tertiary/aromatic N) is 3. The first kappa shape index (κ1) is 11.8. The molecule has 2 aromatic rings. The van der Waals surface area contributed by atoms with Crippen molar-refractivity contribution in [3.05, 3.63) is 41.4 Å². The first-order valence-corrected chi connectivity index (χ1v) is 4.86. The first-order valence-electron chi connectivity index (χ1n) is 4.48. The molecule has 0 fully saturated rings. The summed E-state index contributed by atoms with van der Waals surface area (Å²) in [6, 6.07) is 1.65. The van der Waals surface area contributed by atoms with Crippen molar-refractivity contribution >= 4 is 11.6 Å². The Balaban J connectivity index is 2.54. The molecule has 0 saturated heterocycles. The predicted molar refractivity (Wildman–Crippen MR) is 55.3 cm³/mol. The normalized spacial score (nSPS) is 11.5. The van der Waals surface area contributed by atoms with Crippen molar-refractivity contribution in [2.45, 2.75) is 6.18 Å². The molecule has 88 valence electrons. The maximum absolute atomic E-state index is 12.5. The molecule has 0 unspecified atom stereocenters. The third kappa shape index (κ3) is 2.71. The summed E-state index contributed by atoms with van der Waals surface area (Å²) in [5, 5.41) is -0.236. The van der Waals surface area contributed by atoms with E-state index in [1.165, 1.54) is 18.6 Å². The van der Waals surface area contributed by atoms with Crippen LogP contribution in [0.2, 0.25) is 5.15 Å². The largest absolute Gasteiger partial charge is 0.416 e. The lowest BCUT2D eigenvalue weighted by Crippen LogP contribution is -2.06. The zero-order valence-electron chi connectivity index (χ0n) is 8.24. The third-order valence-electron chi connectivity index (χ3n) is 1.95. The maximum atomic E-state index is 12.5. The van der Waals surface area contributed by atoms with Gasteiger partial charge in [-0.05, 0) is 12.1 Å². The summed E-state index contributed by atoms with van der Waals surface area (Å²) in [6.07, 6.45) is -0.369. The Bertz CT molecular complexity index is 528. The van der Waals surface area contributed by atoms with E-state index < -0.39 is 11.7 Å². The third-order valence-corrected chi connectivity index (χ3v) is 2.14. The fourth-order valence-corrected chi connectivity index (χ4v) is 1.43. The van der Waals surface area contributed by atoms with Crippen molar-refractivity contribution in [1.29, 1.82) is 0 Å². The van der Waals surface area contributed by atoms with Crippen LogP contribution >= 0.6 is 11.6 Å². The standard InChI is InChI=1S/C10H5ClF3N3/c11-9-4-6(10(12,13)14)3-7(17-9)8-5-15-1-2-16-8/h1-5H. The Morgan fingerprint density at radius 1 is 1.06 bits per heavy atom. The van der Waals surface area contributed by atoms with Gasteiger partial charge in [-0.2, -0.15) is 13.2 Å². The van der Waals surface area contributed by atoms with E-state index >= 15 is 0 Å². The van der Waals surface area contributed by atoms with Crippen molar-refractivity contribution in [3.8, 4) is 11.4 Å². The van der Waals surface area contributed by atoms with Crippen LogP contribution in [-0.2, 0) is 6.18 Å². The Kier molecular flexibility index (Phi) is 2.97. The van der Waals surface area contributed by atoms with Crippen molar-refractivity contribution < 1.29 is 13.2 Å². The average Bonchev–Trinajstić information content (AvgIpc) is 2.28. The number of hydrogen-bond acceptors (Lipinski definition) is 3. The van der Waals surface area contributed by atoms with Gasteiger partial charge in [-0.15, -0.1) is 0 Å². The summed E-state index contributed by atoms with van der Waals surface area (Å²) in [5.41, 5.74) is -0.587. The minimum Gasteiger partial charge on any atom is -0.261 e. The molecular weight excluding hydrogens is 255 g/mol. The minimum atomic E-state index is -4.47. The van der Waals surface area contributed by atoms with E-state index in [4.69, 9.17) is 11.6 Å². The van der Waals surface area contributed by atoms with Crippen LogP contribution in [-0.4, -0.2) is 15.0 Å². The first-order chi connectivity index (χ1) is 7.97. The van der Waals surface area contributed by atoms with Crippen molar-refractivity contribution in [2.75, 3.05) is 0 Å². The van der Waals surface area contributed by atoms with Gasteiger partial charge in [-0.3, -0.25) is 9.97 Å². The lowest BCUT2D eigenvalue weighted by atomic mass is 10.2. The molecule has 0 spiro atoms. The summed E-state index contributed by atoms with van der Waals surface area (Å²) in [7, 11) is 0. The van der Waals surface area contributed by atoms with Gasteiger partial charge in [0, 0.05) is 12.4 Å². The Morgan fingerprint density at radius 3 is 2.41 bits per heavy atom. The zero-order valence-corrected chi connectivity index (χ0v) is 9.00. The fourth-order valence-electron chi connectivity index (χ4n) is 1.22. The van der Waals surface area contributed by atoms with Gasteiger partial charge in [0.1, 0.15) is 10.8 Å². The highest BCUT2D eigenvalue weighted by Crippen LogP contribution is 2.32. The summed E-state index contributed by atoms with van der Waals surface area (Å²) in [5.74, 6) is 0. The van der Waals surface area contributed by atoms with Gasteiger partial charge in [-0.1, -0.05) is 11.6 Å². The Labute approximate surface area is 99.3 Å². The Hall–Kier alpha value is -1.69. The number of aromatic nitrogens is 3. The number of halogens is 4. The highest BCUT2D eigenvalue weighted by Gasteiger charge is 2.31. The van der Waals surface area contributed by atoms with Crippen molar-refractivity contribution in [3.63, 3.8) is 0 Å². The van der Waals surface area contributed by atoms with E-state index in [-0.39, 0.29) is 16.5 Å². The van der Waals surface area contributed by atoms with E-state index in [2.05, 4.69) is 15.0 Å². The van der Waals surface area contributed by atoms with Gasteiger partial charge in [0.25, 0.3) is 0 Å². The molecule has 3 nitrogen and oxygen atoms in total. The van der Waals surface area contributed by atoms with E-state index in [0.29, 0.717) is 0 Å². The van der Waals surface area contributed by atoms with E-state index in [1.807, 2.05) is 0 Å². The zero-order chi connectivity index (χ0) is 12.5. The smallest absolute Gasteiger partial charge is 0.261 e. The molecule has 0 atom stereocenters. The van der Waals surface area contributed by atoms with Crippen molar-refractivity contribution in [2.24, 2.45) is 0 Å². The summed E-state index contributed by atoms with van der Waals surface area (Å²) < 4.78 is 37.6. The van der Waals surface area contributed by atoms with Gasteiger partial charge in [0.05, 0.1) is 17.5 Å². The lowest BCUT2D eigenvalue weighted by Gasteiger charge is -2.08. The van der Waals surface area contributed by atoms with Crippen LogP contribution in [0, 0.1) is 0 Å². The van der Waals surface area contributed by atoms with E-state index in [1.54, 1.807) is 0 Å². The molecule has 0 radical (unpaired) electrons. The molecule has 0 N–H and O–H groups in total. The van der Waals surface area contributed by atoms with Gasteiger partial charge >= 0.3 is 6.18 Å². The maximum Gasteiger partial charge on any atom is 0.416 e. The van der Waals surface area contributed by atoms with Crippen LogP contribution < -0.4 is 0 Å². The quantitative estimate of drug-likeness (QED) is 0.738. The lowest BCUT2D eigenvalue weighted by molar-refractivity contribution is -0.137. The van der Waals surface area contributed by atoms with Gasteiger partial charge in [0.2, 0.25) is 0 Å². The highest BCUT2D eigenvalue weighted by molar-refractivity contribution is 6.29. The molecule has 7 heteroatoms. The predicted octanol–water partition coefficient (Wildman–Crippen LogP) is 3.21. The van der Waals surface area contributed by atoms with Crippen LogP contribution in [0.4, 0.5) is 13.2 Å². The molecule has 0 aromatic carbocycles. The molecule has 2 heterocycles.